The number of anilines is 1. The third kappa shape index (κ3) is 1.54. The van der Waals surface area contributed by atoms with Gasteiger partial charge in [0.25, 0.3) is 0 Å². The van der Waals surface area contributed by atoms with Gasteiger partial charge in [0.05, 0.1) is 0 Å². The molecule has 0 radical (unpaired) electrons. The van der Waals surface area contributed by atoms with Gasteiger partial charge in [0.2, 0.25) is 0 Å². The Bertz CT molecular complexity index is 524. The third-order valence-electron chi connectivity index (χ3n) is 3.55. The van der Waals surface area contributed by atoms with Crippen molar-refractivity contribution < 1.29 is 0 Å². The fourth-order valence-electron chi connectivity index (χ4n) is 2.69. The van der Waals surface area contributed by atoms with E-state index in [0.29, 0.717) is 5.92 Å². The number of H-pyrrole nitrogens is 1. The van der Waals surface area contributed by atoms with Gasteiger partial charge in [-0.25, -0.2) is 0 Å². The van der Waals surface area contributed by atoms with Gasteiger partial charge in [-0.15, -0.1) is 0 Å². The molecule has 0 spiro atoms. The Kier molecular flexibility index (Phi) is 2.43. The molecule has 0 saturated heterocycles. The molecule has 16 heavy (non-hydrogen) atoms. The molecule has 84 valence electrons. The van der Waals surface area contributed by atoms with Crippen molar-refractivity contribution in [3.8, 4) is 0 Å². The Morgan fingerprint density at radius 2 is 2.00 bits per heavy atom. The summed E-state index contributed by atoms with van der Waals surface area (Å²) < 4.78 is 1.21. The number of rotatable bonds is 1. The molecule has 0 bridgehead atoms. The first-order chi connectivity index (χ1) is 7.75. The SMILES string of the molecule is Nc1ccc2[nH]c(C3CCCC3)c(Br)c2c1. The second-order valence-electron chi connectivity index (χ2n) is 4.64. The predicted octanol–water partition coefficient (Wildman–Crippen LogP) is 4.17. The molecule has 1 aliphatic carbocycles. The molecule has 0 aliphatic heterocycles. The van der Waals surface area contributed by atoms with Crippen LogP contribution in [-0.4, -0.2) is 4.98 Å². The molecule has 3 rings (SSSR count). The van der Waals surface area contributed by atoms with Crippen molar-refractivity contribution in [3.63, 3.8) is 0 Å². The van der Waals surface area contributed by atoms with Crippen molar-refractivity contribution in [1.29, 1.82) is 0 Å². The standard InChI is InChI=1S/C13H15BrN2/c14-12-10-7-9(15)5-6-11(10)16-13(12)8-3-1-2-4-8/h5-8,16H,1-4,15H2. The Morgan fingerprint density at radius 3 is 2.75 bits per heavy atom. The molecule has 3 heteroatoms. The number of benzene rings is 1. The lowest BCUT2D eigenvalue weighted by atomic mass is 10.0. The lowest BCUT2D eigenvalue weighted by molar-refractivity contribution is 0.701. The summed E-state index contributed by atoms with van der Waals surface area (Å²) >= 11 is 3.71. The number of nitrogen functional groups attached to an aromatic ring is 1. The fourth-order valence-corrected chi connectivity index (χ4v) is 3.44. The largest absolute Gasteiger partial charge is 0.399 e. The van der Waals surface area contributed by atoms with Crippen LogP contribution < -0.4 is 5.73 Å². The minimum atomic E-state index is 0.697. The maximum atomic E-state index is 5.82. The van der Waals surface area contributed by atoms with Crippen molar-refractivity contribution >= 4 is 32.5 Å². The molecule has 1 saturated carbocycles. The monoisotopic (exact) mass is 278 g/mol. The van der Waals surface area contributed by atoms with Crippen LogP contribution in [0.2, 0.25) is 0 Å². The van der Waals surface area contributed by atoms with Crippen LogP contribution in [0.15, 0.2) is 22.7 Å². The van der Waals surface area contributed by atoms with E-state index in [1.165, 1.54) is 46.8 Å². The van der Waals surface area contributed by atoms with Crippen molar-refractivity contribution in [1.82, 2.24) is 4.98 Å². The highest BCUT2D eigenvalue weighted by Crippen LogP contribution is 2.40. The van der Waals surface area contributed by atoms with Crippen LogP contribution >= 0.6 is 15.9 Å². The summed E-state index contributed by atoms with van der Waals surface area (Å²) in [7, 11) is 0. The second-order valence-corrected chi connectivity index (χ2v) is 5.43. The second kappa shape index (κ2) is 3.81. The lowest BCUT2D eigenvalue weighted by Gasteiger charge is -2.06. The first kappa shape index (κ1) is 10.2. The maximum Gasteiger partial charge on any atom is 0.0469 e. The van der Waals surface area contributed by atoms with Gasteiger partial charge in [-0.3, -0.25) is 0 Å². The molecule has 2 aromatic rings. The number of aromatic nitrogens is 1. The minimum Gasteiger partial charge on any atom is -0.399 e. The Labute approximate surface area is 103 Å². The molecule has 3 N–H and O–H groups in total. The quantitative estimate of drug-likeness (QED) is 0.756. The highest BCUT2D eigenvalue weighted by Gasteiger charge is 2.22. The van der Waals surface area contributed by atoms with Crippen LogP contribution in [0.3, 0.4) is 0 Å². The van der Waals surface area contributed by atoms with Crippen LogP contribution in [0, 0.1) is 0 Å². The van der Waals surface area contributed by atoms with E-state index < -0.39 is 0 Å². The zero-order chi connectivity index (χ0) is 11.1. The summed E-state index contributed by atoms with van der Waals surface area (Å²) in [6, 6.07) is 6.05. The highest BCUT2D eigenvalue weighted by molar-refractivity contribution is 9.10. The Balaban J connectivity index is 2.15. The van der Waals surface area contributed by atoms with Gasteiger partial charge in [0, 0.05) is 32.7 Å². The predicted molar refractivity (Wildman–Crippen MR) is 71.6 cm³/mol. The van der Waals surface area contributed by atoms with Gasteiger partial charge in [0.15, 0.2) is 0 Å². The van der Waals surface area contributed by atoms with Crippen LogP contribution in [0.25, 0.3) is 10.9 Å². The smallest absolute Gasteiger partial charge is 0.0469 e. The average molecular weight is 279 g/mol. The normalized spacial score (nSPS) is 17.3. The summed E-state index contributed by atoms with van der Waals surface area (Å²) in [6.45, 7) is 0. The van der Waals surface area contributed by atoms with E-state index in [4.69, 9.17) is 5.73 Å². The first-order valence-corrected chi connectivity index (χ1v) is 6.61. The van der Waals surface area contributed by atoms with Gasteiger partial charge in [-0.2, -0.15) is 0 Å². The van der Waals surface area contributed by atoms with Crippen LogP contribution in [0.1, 0.15) is 37.3 Å². The lowest BCUT2D eigenvalue weighted by Crippen LogP contribution is -1.92. The number of hydrogen-bond acceptors (Lipinski definition) is 1. The van der Waals surface area contributed by atoms with Crippen LogP contribution in [0.5, 0.6) is 0 Å². The molecule has 1 heterocycles. The van der Waals surface area contributed by atoms with Gasteiger partial charge in [-0.1, -0.05) is 12.8 Å². The van der Waals surface area contributed by atoms with E-state index in [9.17, 15) is 0 Å². The highest BCUT2D eigenvalue weighted by atomic mass is 79.9. The molecule has 1 aliphatic rings. The molecule has 1 aromatic carbocycles. The molecular weight excluding hydrogens is 264 g/mol. The van der Waals surface area contributed by atoms with Crippen LogP contribution in [-0.2, 0) is 0 Å². The third-order valence-corrected chi connectivity index (χ3v) is 4.40. The van der Waals surface area contributed by atoms with E-state index >= 15 is 0 Å². The Morgan fingerprint density at radius 1 is 1.25 bits per heavy atom. The molecule has 1 fully saturated rings. The summed E-state index contributed by atoms with van der Waals surface area (Å²) in [5.41, 5.74) is 9.19. The maximum absolute atomic E-state index is 5.82. The van der Waals surface area contributed by atoms with E-state index in [1.807, 2.05) is 12.1 Å². The number of halogens is 1. The number of aromatic amines is 1. The molecule has 1 aromatic heterocycles. The number of nitrogens with one attached hydrogen (secondary N) is 1. The molecule has 0 unspecified atom stereocenters. The minimum absolute atomic E-state index is 0.697. The van der Waals surface area contributed by atoms with Crippen molar-refractivity contribution in [3.05, 3.63) is 28.4 Å². The van der Waals surface area contributed by atoms with Gasteiger partial charge >= 0.3 is 0 Å². The number of hydrogen-bond donors (Lipinski definition) is 2. The van der Waals surface area contributed by atoms with Gasteiger partial charge in [-0.05, 0) is 47.0 Å². The topological polar surface area (TPSA) is 41.8 Å². The van der Waals surface area contributed by atoms with Crippen molar-refractivity contribution in [2.75, 3.05) is 5.73 Å². The summed E-state index contributed by atoms with van der Waals surface area (Å²) in [5.74, 6) is 0.697. The van der Waals surface area contributed by atoms with E-state index in [2.05, 4.69) is 27.0 Å². The van der Waals surface area contributed by atoms with Crippen molar-refractivity contribution in [2.24, 2.45) is 0 Å². The molecule has 2 nitrogen and oxygen atoms in total. The zero-order valence-electron chi connectivity index (χ0n) is 9.09. The summed E-state index contributed by atoms with van der Waals surface area (Å²) in [5, 5.41) is 1.21. The molecule has 0 atom stereocenters. The van der Waals surface area contributed by atoms with Gasteiger partial charge < -0.3 is 10.7 Å². The van der Waals surface area contributed by atoms with Crippen LogP contribution in [0.4, 0.5) is 5.69 Å². The summed E-state index contributed by atoms with van der Waals surface area (Å²) in [6.07, 6.45) is 5.32. The van der Waals surface area contributed by atoms with E-state index in [-0.39, 0.29) is 0 Å². The zero-order valence-corrected chi connectivity index (χ0v) is 10.7. The summed E-state index contributed by atoms with van der Waals surface area (Å²) in [4.78, 5) is 3.53. The average Bonchev–Trinajstić information content (AvgIpc) is 2.87. The first-order valence-electron chi connectivity index (χ1n) is 5.82. The van der Waals surface area contributed by atoms with E-state index in [0.717, 1.165) is 5.69 Å². The number of fused-ring (bicyclic) bond motifs is 1. The van der Waals surface area contributed by atoms with Gasteiger partial charge in [0.1, 0.15) is 0 Å². The number of nitrogens with two attached hydrogens (primary N) is 1. The van der Waals surface area contributed by atoms with Crippen molar-refractivity contribution in [2.45, 2.75) is 31.6 Å². The molecular formula is C13H15BrN2. The van der Waals surface area contributed by atoms with E-state index in [1.54, 1.807) is 0 Å². The molecule has 0 amide bonds. The Hall–Kier alpha value is -0.960. The fraction of sp³-hybridized carbons (Fsp3) is 0.385.